The minimum absolute atomic E-state index is 0.0317. The Hall–Kier alpha value is -1.33. The molecule has 2 rings (SSSR count). The summed E-state index contributed by atoms with van der Waals surface area (Å²) in [6, 6.07) is 11.6. The van der Waals surface area contributed by atoms with Gasteiger partial charge in [-0.2, -0.15) is 0 Å². The van der Waals surface area contributed by atoms with Crippen LogP contribution in [0.3, 0.4) is 0 Å². The minimum atomic E-state index is -0.0317. The Bertz CT molecular complexity index is 534. The Labute approximate surface area is 118 Å². The van der Waals surface area contributed by atoms with Gasteiger partial charge in [-0.25, -0.2) is 0 Å². The molecule has 18 heavy (non-hydrogen) atoms. The van der Waals surface area contributed by atoms with Crippen LogP contribution in [0.1, 0.15) is 0 Å². The number of benzene rings is 1. The number of anilines is 1. The number of nitrogens with one attached hydrogen (secondary N) is 1. The summed E-state index contributed by atoms with van der Waals surface area (Å²) in [5.74, 6) is 0.356. The molecule has 0 radical (unpaired) electrons. The number of thioether (sulfide) groups is 1. The van der Waals surface area contributed by atoms with Crippen LogP contribution in [0.15, 0.2) is 58.2 Å². The fraction of sp³-hybridized carbons (Fsp3) is 0.0769. The maximum absolute atomic E-state index is 11.8. The molecule has 1 amide bonds. The van der Waals surface area contributed by atoms with Crippen LogP contribution < -0.4 is 5.32 Å². The largest absolute Gasteiger partial charge is 0.324 e. The molecule has 0 bridgehead atoms. The van der Waals surface area contributed by atoms with E-state index in [9.17, 15) is 4.79 Å². The third-order valence-corrected chi connectivity index (χ3v) is 3.80. The molecule has 0 unspecified atom stereocenters. The molecule has 0 fully saturated rings. The molecule has 0 saturated carbocycles. The van der Waals surface area contributed by atoms with Crippen molar-refractivity contribution in [3.05, 3.63) is 53.3 Å². The van der Waals surface area contributed by atoms with Crippen molar-refractivity contribution < 1.29 is 4.79 Å². The first-order chi connectivity index (χ1) is 8.75. The first-order valence-electron chi connectivity index (χ1n) is 5.33. The van der Waals surface area contributed by atoms with Crippen molar-refractivity contribution in [2.75, 3.05) is 11.1 Å². The van der Waals surface area contributed by atoms with Gasteiger partial charge in [0, 0.05) is 17.3 Å². The monoisotopic (exact) mass is 322 g/mol. The second kappa shape index (κ2) is 6.56. The van der Waals surface area contributed by atoms with E-state index in [1.807, 2.05) is 30.3 Å². The van der Waals surface area contributed by atoms with E-state index in [-0.39, 0.29) is 5.91 Å². The smallest absolute Gasteiger partial charge is 0.234 e. The van der Waals surface area contributed by atoms with Gasteiger partial charge in [0.2, 0.25) is 5.91 Å². The Morgan fingerprint density at radius 3 is 2.78 bits per heavy atom. The summed E-state index contributed by atoms with van der Waals surface area (Å²) >= 11 is 4.85. The van der Waals surface area contributed by atoms with Crippen LogP contribution in [0.25, 0.3) is 0 Å². The second-order valence-electron chi connectivity index (χ2n) is 3.51. The van der Waals surface area contributed by atoms with Crippen LogP contribution in [0, 0.1) is 0 Å². The van der Waals surface area contributed by atoms with Crippen molar-refractivity contribution in [1.29, 1.82) is 0 Å². The topological polar surface area (TPSA) is 42.0 Å². The zero-order valence-corrected chi connectivity index (χ0v) is 11.9. The first kappa shape index (κ1) is 13.1. The third kappa shape index (κ3) is 3.85. The highest BCUT2D eigenvalue weighted by atomic mass is 79.9. The summed E-state index contributed by atoms with van der Waals surface area (Å²) in [7, 11) is 0. The number of hydrogen-bond acceptors (Lipinski definition) is 3. The summed E-state index contributed by atoms with van der Waals surface area (Å²) in [6.45, 7) is 0. The number of aromatic nitrogens is 1. The quantitative estimate of drug-likeness (QED) is 0.875. The van der Waals surface area contributed by atoms with E-state index in [4.69, 9.17) is 0 Å². The number of halogens is 1. The number of pyridine rings is 1. The van der Waals surface area contributed by atoms with Crippen molar-refractivity contribution >= 4 is 39.3 Å². The van der Waals surface area contributed by atoms with Crippen LogP contribution in [-0.2, 0) is 4.79 Å². The highest BCUT2D eigenvalue weighted by Crippen LogP contribution is 2.21. The molecule has 0 spiro atoms. The fourth-order valence-corrected chi connectivity index (χ4v) is 2.40. The molecular weight excluding hydrogens is 312 g/mol. The highest BCUT2D eigenvalue weighted by molar-refractivity contribution is 9.10. The number of carbonyl (C=O) groups is 1. The van der Waals surface area contributed by atoms with Gasteiger partial charge in [0.25, 0.3) is 0 Å². The lowest BCUT2D eigenvalue weighted by Gasteiger charge is -2.06. The number of hydrogen-bond donors (Lipinski definition) is 1. The van der Waals surface area contributed by atoms with E-state index in [0.29, 0.717) is 5.75 Å². The second-order valence-corrected chi connectivity index (χ2v) is 5.41. The van der Waals surface area contributed by atoms with E-state index in [0.717, 1.165) is 15.1 Å². The van der Waals surface area contributed by atoms with Crippen molar-refractivity contribution in [1.82, 2.24) is 4.98 Å². The Morgan fingerprint density at radius 2 is 2.06 bits per heavy atom. The molecule has 1 N–H and O–H groups in total. The van der Waals surface area contributed by atoms with Crippen LogP contribution >= 0.6 is 27.7 Å². The Balaban J connectivity index is 1.88. The Kier molecular flexibility index (Phi) is 4.78. The maximum Gasteiger partial charge on any atom is 0.234 e. The molecule has 0 aliphatic heterocycles. The third-order valence-electron chi connectivity index (χ3n) is 2.16. The molecular formula is C13H11BrN2OS. The van der Waals surface area contributed by atoms with Crippen molar-refractivity contribution in [3.8, 4) is 0 Å². The fourth-order valence-electron chi connectivity index (χ4n) is 1.33. The van der Waals surface area contributed by atoms with Gasteiger partial charge in [0.1, 0.15) is 0 Å². The van der Waals surface area contributed by atoms with Crippen LogP contribution in [0.5, 0.6) is 0 Å². The van der Waals surface area contributed by atoms with E-state index in [2.05, 4.69) is 26.2 Å². The normalized spacial score (nSPS) is 10.1. The molecule has 1 heterocycles. The number of nitrogens with zero attached hydrogens (tertiary/aromatic N) is 1. The average molecular weight is 323 g/mol. The van der Waals surface area contributed by atoms with Crippen LogP contribution in [0.2, 0.25) is 0 Å². The molecule has 92 valence electrons. The summed E-state index contributed by atoms with van der Waals surface area (Å²) < 4.78 is 0.781. The zero-order chi connectivity index (χ0) is 12.8. The van der Waals surface area contributed by atoms with Gasteiger partial charge in [-0.15, -0.1) is 11.8 Å². The molecule has 0 aliphatic carbocycles. The number of amides is 1. The molecule has 1 aromatic heterocycles. The summed E-state index contributed by atoms with van der Waals surface area (Å²) in [5.41, 5.74) is 0.740. The van der Waals surface area contributed by atoms with Gasteiger partial charge < -0.3 is 5.32 Å². The summed E-state index contributed by atoms with van der Waals surface area (Å²) in [5, 5.41) is 2.83. The summed E-state index contributed by atoms with van der Waals surface area (Å²) in [4.78, 5) is 16.8. The lowest BCUT2D eigenvalue weighted by molar-refractivity contribution is -0.113. The van der Waals surface area contributed by atoms with E-state index in [1.165, 1.54) is 11.8 Å². The predicted molar refractivity (Wildman–Crippen MR) is 77.7 cm³/mol. The summed E-state index contributed by atoms with van der Waals surface area (Å²) in [6.07, 6.45) is 3.30. The van der Waals surface area contributed by atoms with Crippen molar-refractivity contribution in [3.63, 3.8) is 0 Å². The molecule has 0 saturated heterocycles. The highest BCUT2D eigenvalue weighted by Gasteiger charge is 2.05. The van der Waals surface area contributed by atoms with Crippen LogP contribution in [0.4, 0.5) is 5.69 Å². The molecule has 2 aromatic rings. The van der Waals surface area contributed by atoms with E-state index < -0.39 is 0 Å². The van der Waals surface area contributed by atoms with Gasteiger partial charge in [0.05, 0.1) is 15.9 Å². The van der Waals surface area contributed by atoms with Crippen molar-refractivity contribution in [2.24, 2.45) is 0 Å². The lowest BCUT2D eigenvalue weighted by atomic mass is 10.4. The van der Waals surface area contributed by atoms with E-state index in [1.54, 1.807) is 18.5 Å². The molecule has 5 heteroatoms. The zero-order valence-electron chi connectivity index (χ0n) is 9.47. The van der Waals surface area contributed by atoms with Gasteiger partial charge in [-0.1, -0.05) is 18.2 Å². The Morgan fingerprint density at radius 1 is 1.28 bits per heavy atom. The predicted octanol–water partition coefficient (Wildman–Crippen LogP) is 3.57. The van der Waals surface area contributed by atoms with Gasteiger partial charge in [0.15, 0.2) is 0 Å². The van der Waals surface area contributed by atoms with Gasteiger partial charge in [-0.05, 0) is 34.1 Å². The minimum Gasteiger partial charge on any atom is -0.324 e. The molecule has 3 nitrogen and oxygen atoms in total. The van der Waals surface area contributed by atoms with E-state index >= 15 is 0 Å². The van der Waals surface area contributed by atoms with Gasteiger partial charge in [-0.3, -0.25) is 9.78 Å². The average Bonchev–Trinajstić information content (AvgIpc) is 2.40. The molecule has 1 aromatic carbocycles. The number of rotatable bonds is 4. The molecule has 0 aliphatic rings. The van der Waals surface area contributed by atoms with Crippen LogP contribution in [-0.4, -0.2) is 16.6 Å². The van der Waals surface area contributed by atoms with Crippen molar-refractivity contribution in [2.45, 2.75) is 4.90 Å². The van der Waals surface area contributed by atoms with Gasteiger partial charge >= 0.3 is 0 Å². The molecule has 0 atom stereocenters. The standard InChI is InChI=1S/C13H11BrN2OS/c14-11-8-15-7-6-12(11)16-13(17)9-18-10-4-2-1-3-5-10/h1-8H,9H2,(H,15,16,17). The SMILES string of the molecule is O=C(CSc1ccccc1)Nc1ccncc1Br. The number of carbonyl (C=O) groups excluding carboxylic acids is 1. The lowest BCUT2D eigenvalue weighted by Crippen LogP contribution is -2.14. The maximum atomic E-state index is 11.8. The first-order valence-corrected chi connectivity index (χ1v) is 7.11.